The van der Waals surface area contributed by atoms with E-state index in [4.69, 9.17) is 15.6 Å². The van der Waals surface area contributed by atoms with E-state index in [0.29, 0.717) is 6.61 Å². The highest BCUT2D eigenvalue weighted by Crippen LogP contribution is 2.25. The van der Waals surface area contributed by atoms with E-state index in [1.165, 1.54) is 0 Å². The van der Waals surface area contributed by atoms with Crippen molar-refractivity contribution in [2.75, 3.05) is 36.9 Å². The molecule has 1 aromatic rings. The smallest absolute Gasteiger partial charge is 0.152 e. The number of pyridine rings is 1. The molecule has 1 aromatic heterocycles. The van der Waals surface area contributed by atoms with Crippen LogP contribution >= 0.6 is 0 Å². The van der Waals surface area contributed by atoms with Gasteiger partial charge in [0, 0.05) is 18.8 Å². The van der Waals surface area contributed by atoms with Gasteiger partial charge in [-0.3, -0.25) is 0 Å². The van der Waals surface area contributed by atoms with Gasteiger partial charge in [-0.25, -0.2) is 4.98 Å². The van der Waals surface area contributed by atoms with E-state index in [1.807, 2.05) is 19.1 Å². The van der Waals surface area contributed by atoms with Crippen molar-refractivity contribution in [2.45, 2.75) is 25.9 Å². The van der Waals surface area contributed by atoms with E-state index in [1.54, 1.807) is 0 Å². The Hall–Kier alpha value is -1.33. The molecule has 5 heteroatoms. The van der Waals surface area contributed by atoms with E-state index in [-0.39, 0.29) is 12.7 Å². The van der Waals surface area contributed by atoms with Gasteiger partial charge in [-0.2, -0.15) is 0 Å². The van der Waals surface area contributed by atoms with E-state index in [2.05, 4.69) is 9.88 Å². The predicted molar refractivity (Wildman–Crippen MR) is 71.7 cm³/mol. The van der Waals surface area contributed by atoms with E-state index in [9.17, 15) is 0 Å². The molecule has 2 rings (SSSR count). The van der Waals surface area contributed by atoms with Gasteiger partial charge in [-0.05, 0) is 31.9 Å². The third-order valence-corrected chi connectivity index (χ3v) is 3.23. The second-order valence-corrected chi connectivity index (χ2v) is 4.65. The number of nitrogens with two attached hydrogens (primary N) is 1. The van der Waals surface area contributed by atoms with Crippen LogP contribution in [0.4, 0.5) is 11.5 Å². The molecule has 100 valence electrons. The van der Waals surface area contributed by atoms with Crippen LogP contribution in [0.2, 0.25) is 0 Å². The number of rotatable bonds is 4. The SMILES string of the molecule is Cc1ccc(N)c(N2CCC(OCCO)CC2)n1. The van der Waals surface area contributed by atoms with Crippen LogP contribution in [0, 0.1) is 6.92 Å². The van der Waals surface area contributed by atoms with Crippen molar-refractivity contribution >= 4 is 11.5 Å². The standard InChI is InChI=1S/C13H21N3O2/c1-10-2-3-12(14)13(15-10)16-6-4-11(5-7-16)18-9-8-17/h2-3,11,17H,4-9,14H2,1H3. The molecule has 18 heavy (non-hydrogen) atoms. The highest BCUT2D eigenvalue weighted by atomic mass is 16.5. The summed E-state index contributed by atoms with van der Waals surface area (Å²) in [6.07, 6.45) is 2.16. The number of hydrogen-bond donors (Lipinski definition) is 2. The van der Waals surface area contributed by atoms with Crippen molar-refractivity contribution in [3.63, 3.8) is 0 Å². The third kappa shape index (κ3) is 3.11. The lowest BCUT2D eigenvalue weighted by Gasteiger charge is -2.33. The molecule has 2 heterocycles. The third-order valence-electron chi connectivity index (χ3n) is 3.23. The Kier molecular flexibility index (Phi) is 4.38. The van der Waals surface area contributed by atoms with Crippen LogP contribution < -0.4 is 10.6 Å². The fourth-order valence-corrected chi connectivity index (χ4v) is 2.26. The molecule has 0 bridgehead atoms. The average Bonchev–Trinajstić information content (AvgIpc) is 2.40. The Balaban J connectivity index is 1.94. The molecule has 0 amide bonds. The van der Waals surface area contributed by atoms with Crippen LogP contribution in [-0.2, 0) is 4.74 Å². The van der Waals surface area contributed by atoms with Gasteiger partial charge in [0.1, 0.15) is 0 Å². The van der Waals surface area contributed by atoms with Gasteiger partial charge in [-0.1, -0.05) is 0 Å². The van der Waals surface area contributed by atoms with Gasteiger partial charge in [0.25, 0.3) is 0 Å². The fraction of sp³-hybridized carbons (Fsp3) is 0.615. The highest BCUT2D eigenvalue weighted by molar-refractivity contribution is 5.63. The molecule has 0 aliphatic carbocycles. The molecule has 1 fully saturated rings. The first kappa shape index (κ1) is 13.1. The number of aliphatic hydroxyl groups excluding tert-OH is 1. The summed E-state index contributed by atoms with van der Waals surface area (Å²) in [5.41, 5.74) is 7.68. The zero-order valence-electron chi connectivity index (χ0n) is 10.8. The Morgan fingerprint density at radius 2 is 2.17 bits per heavy atom. The van der Waals surface area contributed by atoms with Crippen LogP contribution in [0.5, 0.6) is 0 Å². The quantitative estimate of drug-likeness (QED) is 0.833. The minimum atomic E-state index is 0.0899. The summed E-state index contributed by atoms with van der Waals surface area (Å²) in [5, 5.41) is 8.73. The summed E-state index contributed by atoms with van der Waals surface area (Å²) >= 11 is 0. The monoisotopic (exact) mass is 251 g/mol. The number of hydrogen-bond acceptors (Lipinski definition) is 5. The van der Waals surface area contributed by atoms with Crippen molar-refractivity contribution in [2.24, 2.45) is 0 Å². The first-order valence-corrected chi connectivity index (χ1v) is 6.41. The molecule has 0 spiro atoms. The van der Waals surface area contributed by atoms with Gasteiger partial charge in [0.2, 0.25) is 0 Å². The number of aromatic nitrogens is 1. The molecule has 0 unspecified atom stereocenters. The molecule has 1 saturated heterocycles. The van der Waals surface area contributed by atoms with Crippen LogP contribution in [0.3, 0.4) is 0 Å². The number of anilines is 2. The summed E-state index contributed by atoms with van der Waals surface area (Å²) in [5.74, 6) is 0.885. The molecule has 0 atom stereocenters. The highest BCUT2D eigenvalue weighted by Gasteiger charge is 2.21. The first-order valence-electron chi connectivity index (χ1n) is 6.41. The van der Waals surface area contributed by atoms with E-state index >= 15 is 0 Å². The summed E-state index contributed by atoms with van der Waals surface area (Å²) in [6.45, 7) is 4.29. The zero-order chi connectivity index (χ0) is 13.0. The molecular weight excluding hydrogens is 230 g/mol. The minimum Gasteiger partial charge on any atom is -0.396 e. The minimum absolute atomic E-state index is 0.0899. The zero-order valence-corrected chi connectivity index (χ0v) is 10.8. The molecule has 1 aliphatic rings. The number of nitrogens with zero attached hydrogens (tertiary/aromatic N) is 2. The van der Waals surface area contributed by atoms with E-state index in [0.717, 1.165) is 43.1 Å². The molecular formula is C13H21N3O2. The lowest BCUT2D eigenvalue weighted by Crippen LogP contribution is -2.38. The van der Waals surface area contributed by atoms with Gasteiger partial charge in [0.15, 0.2) is 5.82 Å². The summed E-state index contributed by atoms with van der Waals surface area (Å²) in [6, 6.07) is 3.84. The van der Waals surface area contributed by atoms with Gasteiger partial charge in [0.05, 0.1) is 25.0 Å². The van der Waals surface area contributed by atoms with Crippen LogP contribution in [0.1, 0.15) is 18.5 Å². The Bertz CT molecular complexity index is 390. The van der Waals surface area contributed by atoms with Gasteiger partial charge >= 0.3 is 0 Å². The predicted octanol–water partition coefficient (Wildman–Crippen LogP) is 0.950. The van der Waals surface area contributed by atoms with Crippen molar-refractivity contribution in [1.82, 2.24) is 4.98 Å². The lowest BCUT2D eigenvalue weighted by molar-refractivity contribution is 0.0158. The van der Waals surface area contributed by atoms with Crippen LogP contribution in [0.25, 0.3) is 0 Å². The lowest BCUT2D eigenvalue weighted by atomic mass is 10.1. The molecule has 0 radical (unpaired) electrons. The molecule has 0 saturated carbocycles. The maximum absolute atomic E-state index is 8.73. The maximum Gasteiger partial charge on any atom is 0.152 e. The average molecular weight is 251 g/mol. The van der Waals surface area contributed by atoms with Crippen molar-refractivity contribution in [3.8, 4) is 0 Å². The molecule has 0 aromatic carbocycles. The van der Waals surface area contributed by atoms with Gasteiger partial charge in [-0.15, -0.1) is 0 Å². The van der Waals surface area contributed by atoms with Crippen molar-refractivity contribution in [3.05, 3.63) is 17.8 Å². The summed E-state index contributed by atoms with van der Waals surface area (Å²) in [7, 11) is 0. The van der Waals surface area contributed by atoms with Crippen molar-refractivity contribution in [1.29, 1.82) is 0 Å². The molecule has 5 nitrogen and oxygen atoms in total. The Morgan fingerprint density at radius 3 is 2.83 bits per heavy atom. The Morgan fingerprint density at radius 1 is 1.44 bits per heavy atom. The molecule has 1 aliphatic heterocycles. The van der Waals surface area contributed by atoms with Gasteiger partial charge < -0.3 is 20.5 Å². The second-order valence-electron chi connectivity index (χ2n) is 4.65. The number of aliphatic hydroxyl groups is 1. The summed E-state index contributed by atoms with van der Waals surface area (Å²) in [4.78, 5) is 6.71. The number of ether oxygens (including phenoxy) is 1. The van der Waals surface area contributed by atoms with Crippen molar-refractivity contribution < 1.29 is 9.84 Å². The number of piperidine rings is 1. The Labute approximate surface area is 108 Å². The number of nitrogen functional groups attached to an aromatic ring is 1. The van der Waals surface area contributed by atoms with E-state index < -0.39 is 0 Å². The topological polar surface area (TPSA) is 71.6 Å². The second kappa shape index (κ2) is 6.02. The number of aryl methyl sites for hydroxylation is 1. The fourth-order valence-electron chi connectivity index (χ4n) is 2.26. The largest absolute Gasteiger partial charge is 0.396 e. The van der Waals surface area contributed by atoms with Crippen LogP contribution in [-0.4, -0.2) is 42.5 Å². The normalized spacial score (nSPS) is 17.1. The maximum atomic E-state index is 8.73. The summed E-state index contributed by atoms with van der Waals surface area (Å²) < 4.78 is 5.54. The van der Waals surface area contributed by atoms with Crippen LogP contribution in [0.15, 0.2) is 12.1 Å². The molecule has 3 N–H and O–H groups in total. The first-order chi connectivity index (χ1) is 8.70.